The maximum atomic E-state index is 9.40. The van der Waals surface area contributed by atoms with E-state index >= 15 is 0 Å². The van der Waals surface area contributed by atoms with Crippen molar-refractivity contribution in [2.24, 2.45) is 0 Å². The van der Waals surface area contributed by atoms with Crippen molar-refractivity contribution in [1.29, 1.82) is 0 Å². The molecule has 2 aromatic rings. The Bertz CT molecular complexity index is 546. The molecule has 0 atom stereocenters. The number of unbranched alkanes of at least 4 members (excludes halogenated alkanes) is 5. The van der Waals surface area contributed by atoms with Crippen molar-refractivity contribution < 1.29 is 9.84 Å². The predicted molar refractivity (Wildman–Crippen MR) is 92.4 cm³/mol. The summed E-state index contributed by atoms with van der Waals surface area (Å²) in [6, 6.07) is 15.3. The van der Waals surface area contributed by atoms with Gasteiger partial charge in [0.25, 0.3) is 0 Å². The van der Waals surface area contributed by atoms with E-state index in [1.54, 1.807) is 12.1 Å². The van der Waals surface area contributed by atoms with Gasteiger partial charge in [-0.1, -0.05) is 69.4 Å². The molecular formula is C20H26O2. The number of ether oxygens (including phenoxy) is 1. The maximum Gasteiger partial charge on any atom is 0.127 e. The van der Waals surface area contributed by atoms with Crippen LogP contribution in [0, 0.1) is 0 Å². The lowest BCUT2D eigenvalue weighted by Gasteiger charge is -2.11. The normalized spacial score (nSPS) is 10.6. The van der Waals surface area contributed by atoms with Gasteiger partial charge in [-0.15, -0.1) is 0 Å². The third kappa shape index (κ3) is 5.10. The molecular weight excluding hydrogens is 272 g/mol. The summed E-state index contributed by atoms with van der Waals surface area (Å²) in [6.45, 7) is 3.00. The molecule has 118 valence electrons. The number of hydrogen-bond acceptors (Lipinski definition) is 2. The highest BCUT2D eigenvalue weighted by atomic mass is 16.5. The highest BCUT2D eigenvalue weighted by Crippen LogP contribution is 2.30. The summed E-state index contributed by atoms with van der Waals surface area (Å²) in [5.74, 6) is 1.20. The van der Waals surface area contributed by atoms with Gasteiger partial charge in [0.1, 0.15) is 11.5 Å². The Morgan fingerprint density at radius 2 is 1.50 bits per heavy atom. The third-order valence-electron chi connectivity index (χ3n) is 3.82. The lowest BCUT2D eigenvalue weighted by Crippen LogP contribution is -1.98. The molecule has 0 unspecified atom stereocenters. The first-order valence-electron chi connectivity index (χ1n) is 8.32. The van der Waals surface area contributed by atoms with Gasteiger partial charge < -0.3 is 9.84 Å². The van der Waals surface area contributed by atoms with Crippen LogP contribution < -0.4 is 4.74 Å². The van der Waals surface area contributed by atoms with Gasteiger partial charge in [-0.25, -0.2) is 0 Å². The third-order valence-corrected chi connectivity index (χ3v) is 3.82. The molecule has 0 amide bonds. The molecule has 0 saturated heterocycles. The maximum absolute atomic E-state index is 9.40. The number of aromatic hydroxyl groups is 1. The van der Waals surface area contributed by atoms with Crippen LogP contribution in [-0.4, -0.2) is 11.7 Å². The molecule has 0 aliphatic carbocycles. The van der Waals surface area contributed by atoms with E-state index in [0.717, 1.165) is 29.9 Å². The summed E-state index contributed by atoms with van der Waals surface area (Å²) < 4.78 is 5.97. The molecule has 0 radical (unpaired) electrons. The highest BCUT2D eigenvalue weighted by molar-refractivity contribution is 5.70. The number of rotatable bonds is 9. The molecule has 2 nitrogen and oxygen atoms in total. The second kappa shape index (κ2) is 9.14. The molecule has 0 fully saturated rings. The molecule has 0 saturated carbocycles. The first-order valence-corrected chi connectivity index (χ1v) is 8.32. The lowest BCUT2D eigenvalue weighted by atomic mass is 10.0. The number of hydrogen-bond donors (Lipinski definition) is 1. The van der Waals surface area contributed by atoms with Gasteiger partial charge in [0.15, 0.2) is 0 Å². The van der Waals surface area contributed by atoms with Gasteiger partial charge in [0.2, 0.25) is 0 Å². The van der Waals surface area contributed by atoms with Crippen LogP contribution >= 0.6 is 0 Å². The van der Waals surface area contributed by atoms with Crippen LogP contribution in [0.5, 0.6) is 11.5 Å². The van der Waals surface area contributed by atoms with Crippen LogP contribution in [0.3, 0.4) is 0 Å². The van der Waals surface area contributed by atoms with Crippen LogP contribution in [0.15, 0.2) is 48.5 Å². The van der Waals surface area contributed by atoms with Crippen LogP contribution in [0.25, 0.3) is 11.1 Å². The first-order chi connectivity index (χ1) is 10.8. The Balaban J connectivity index is 1.88. The second-order valence-corrected chi connectivity index (χ2v) is 5.66. The van der Waals surface area contributed by atoms with Gasteiger partial charge in [-0.3, -0.25) is 0 Å². The number of phenols is 1. The molecule has 2 rings (SSSR count). The summed E-state index contributed by atoms with van der Waals surface area (Å²) in [5, 5.41) is 9.40. The fraction of sp³-hybridized carbons (Fsp3) is 0.400. The average molecular weight is 298 g/mol. The minimum Gasteiger partial charge on any atom is -0.508 e. The summed E-state index contributed by atoms with van der Waals surface area (Å²) in [4.78, 5) is 0. The summed E-state index contributed by atoms with van der Waals surface area (Å²) in [5.41, 5.74) is 2.14. The van der Waals surface area contributed by atoms with Crippen molar-refractivity contribution in [3.8, 4) is 22.6 Å². The van der Waals surface area contributed by atoms with Gasteiger partial charge in [-0.05, 0) is 30.2 Å². The minimum absolute atomic E-state index is 0.286. The first kappa shape index (κ1) is 16.4. The zero-order valence-electron chi connectivity index (χ0n) is 13.4. The molecule has 0 aromatic heterocycles. The molecule has 1 N–H and O–H groups in total. The van der Waals surface area contributed by atoms with E-state index in [-0.39, 0.29) is 5.75 Å². The van der Waals surface area contributed by atoms with Crippen molar-refractivity contribution in [3.05, 3.63) is 48.5 Å². The number of benzene rings is 2. The van der Waals surface area contributed by atoms with E-state index in [1.807, 2.05) is 30.3 Å². The summed E-state index contributed by atoms with van der Waals surface area (Å²) in [7, 11) is 0. The van der Waals surface area contributed by atoms with E-state index in [2.05, 4.69) is 13.0 Å². The van der Waals surface area contributed by atoms with E-state index < -0.39 is 0 Å². The lowest BCUT2D eigenvalue weighted by molar-refractivity contribution is 0.305. The van der Waals surface area contributed by atoms with Crippen molar-refractivity contribution >= 4 is 0 Å². The molecule has 0 heterocycles. The zero-order valence-corrected chi connectivity index (χ0v) is 13.4. The Kier molecular flexibility index (Phi) is 6.82. The zero-order chi connectivity index (χ0) is 15.6. The predicted octanol–water partition coefficient (Wildman–Crippen LogP) is 5.80. The fourth-order valence-electron chi connectivity index (χ4n) is 2.54. The van der Waals surface area contributed by atoms with Crippen LogP contribution in [0.2, 0.25) is 0 Å². The highest BCUT2D eigenvalue weighted by Gasteiger charge is 2.05. The topological polar surface area (TPSA) is 29.5 Å². The number of phenolic OH excluding ortho intramolecular Hbond substituents is 1. The van der Waals surface area contributed by atoms with Crippen molar-refractivity contribution in [2.45, 2.75) is 45.4 Å². The molecule has 0 aliphatic rings. The fourth-order valence-corrected chi connectivity index (χ4v) is 2.54. The second-order valence-electron chi connectivity index (χ2n) is 5.66. The van der Waals surface area contributed by atoms with Crippen LogP contribution in [-0.2, 0) is 0 Å². The van der Waals surface area contributed by atoms with Gasteiger partial charge in [0.05, 0.1) is 6.61 Å². The van der Waals surface area contributed by atoms with Crippen LogP contribution in [0.1, 0.15) is 45.4 Å². The smallest absolute Gasteiger partial charge is 0.127 e. The summed E-state index contributed by atoms with van der Waals surface area (Å²) >= 11 is 0. The Morgan fingerprint density at radius 1 is 0.818 bits per heavy atom. The van der Waals surface area contributed by atoms with Gasteiger partial charge >= 0.3 is 0 Å². The molecule has 0 spiro atoms. The quantitative estimate of drug-likeness (QED) is 0.593. The molecule has 0 aliphatic heterocycles. The molecule has 2 heteroatoms. The molecule has 2 aromatic carbocycles. The van der Waals surface area contributed by atoms with Crippen molar-refractivity contribution in [3.63, 3.8) is 0 Å². The standard InChI is InChI=1S/C20H26O2/c1-2-3-4-5-6-9-16-22-20-11-8-7-10-19(20)17-12-14-18(21)15-13-17/h7-8,10-15,21H,2-6,9,16H2,1H3. The monoisotopic (exact) mass is 298 g/mol. The van der Waals surface area contributed by atoms with Crippen molar-refractivity contribution in [1.82, 2.24) is 0 Å². The minimum atomic E-state index is 0.286. The van der Waals surface area contributed by atoms with E-state index in [0.29, 0.717) is 0 Å². The average Bonchev–Trinajstić information content (AvgIpc) is 2.55. The van der Waals surface area contributed by atoms with E-state index in [1.165, 1.54) is 32.1 Å². The van der Waals surface area contributed by atoms with Crippen LogP contribution in [0.4, 0.5) is 0 Å². The van der Waals surface area contributed by atoms with Crippen molar-refractivity contribution in [2.75, 3.05) is 6.61 Å². The molecule has 22 heavy (non-hydrogen) atoms. The van der Waals surface area contributed by atoms with Gasteiger partial charge in [-0.2, -0.15) is 0 Å². The Hall–Kier alpha value is -1.96. The van der Waals surface area contributed by atoms with E-state index in [9.17, 15) is 5.11 Å². The summed E-state index contributed by atoms with van der Waals surface area (Å²) in [6.07, 6.45) is 7.60. The Morgan fingerprint density at radius 3 is 2.27 bits per heavy atom. The van der Waals surface area contributed by atoms with Gasteiger partial charge in [0, 0.05) is 5.56 Å². The van der Waals surface area contributed by atoms with E-state index in [4.69, 9.17) is 4.74 Å². The SMILES string of the molecule is CCCCCCCCOc1ccccc1-c1ccc(O)cc1. The molecule has 0 bridgehead atoms. The Labute approximate surface area is 133 Å². The largest absolute Gasteiger partial charge is 0.508 e. The number of para-hydroxylation sites is 1.